The third-order valence-corrected chi connectivity index (χ3v) is 2.69. The van der Waals surface area contributed by atoms with E-state index in [0.29, 0.717) is 22.4 Å². The van der Waals surface area contributed by atoms with Gasteiger partial charge in [-0.1, -0.05) is 23.2 Å². The third kappa shape index (κ3) is 4.20. The molecule has 0 N–H and O–H groups in total. The molecule has 0 unspecified atom stereocenters. The normalized spacial score (nSPS) is 10.5. The number of methoxy groups -OCH3 is 1. The van der Waals surface area contributed by atoms with Crippen molar-refractivity contribution in [2.45, 2.75) is 19.8 Å². The van der Waals surface area contributed by atoms with Crippen LogP contribution in [0.5, 0.6) is 5.75 Å². The molecule has 90 valence electrons. The second kappa shape index (κ2) is 7.00. The maximum Gasteiger partial charge on any atom is 0.156 e. The average molecular weight is 263 g/mol. The first-order valence-corrected chi connectivity index (χ1v) is 5.98. The molecular formula is C12H16Cl2O2. The van der Waals surface area contributed by atoms with Crippen LogP contribution in [0.1, 0.15) is 18.4 Å². The van der Waals surface area contributed by atoms with Gasteiger partial charge in [-0.3, -0.25) is 0 Å². The Morgan fingerprint density at radius 1 is 1.06 bits per heavy atom. The molecule has 0 bridgehead atoms. The molecule has 0 amide bonds. The number of hydrogen-bond acceptors (Lipinski definition) is 2. The lowest BCUT2D eigenvalue weighted by molar-refractivity contribution is 0.184. The number of benzene rings is 1. The number of halogens is 2. The molecule has 0 aliphatic heterocycles. The van der Waals surface area contributed by atoms with Crippen LogP contribution in [-0.2, 0) is 4.74 Å². The molecule has 1 aromatic rings. The van der Waals surface area contributed by atoms with Crippen LogP contribution >= 0.6 is 23.2 Å². The van der Waals surface area contributed by atoms with E-state index < -0.39 is 0 Å². The van der Waals surface area contributed by atoms with E-state index in [-0.39, 0.29) is 0 Å². The van der Waals surface area contributed by atoms with E-state index in [4.69, 9.17) is 32.7 Å². The van der Waals surface area contributed by atoms with Gasteiger partial charge in [0.1, 0.15) is 0 Å². The molecule has 0 spiro atoms. The minimum atomic E-state index is 0.566. The highest BCUT2D eigenvalue weighted by Gasteiger charge is 2.07. The molecule has 0 saturated heterocycles. The molecule has 4 heteroatoms. The Hall–Kier alpha value is -0.440. The minimum absolute atomic E-state index is 0.566. The fourth-order valence-corrected chi connectivity index (χ4v) is 2.05. The molecule has 16 heavy (non-hydrogen) atoms. The van der Waals surface area contributed by atoms with Crippen molar-refractivity contribution in [1.82, 2.24) is 0 Å². The van der Waals surface area contributed by atoms with Gasteiger partial charge < -0.3 is 9.47 Å². The SMILES string of the molecule is COCCCCOc1c(Cl)cc(C)cc1Cl. The number of ether oxygens (including phenoxy) is 2. The van der Waals surface area contributed by atoms with Crippen molar-refractivity contribution in [2.75, 3.05) is 20.3 Å². The third-order valence-electron chi connectivity index (χ3n) is 2.13. The van der Waals surface area contributed by atoms with Crippen LogP contribution in [-0.4, -0.2) is 20.3 Å². The average Bonchev–Trinajstić information content (AvgIpc) is 2.20. The quantitative estimate of drug-likeness (QED) is 0.719. The van der Waals surface area contributed by atoms with Crippen LogP contribution in [0.4, 0.5) is 0 Å². The van der Waals surface area contributed by atoms with Crippen molar-refractivity contribution in [3.05, 3.63) is 27.7 Å². The van der Waals surface area contributed by atoms with Crippen LogP contribution in [0.2, 0.25) is 10.0 Å². The second-order valence-corrected chi connectivity index (χ2v) is 4.42. The van der Waals surface area contributed by atoms with E-state index in [1.54, 1.807) is 7.11 Å². The zero-order chi connectivity index (χ0) is 12.0. The highest BCUT2D eigenvalue weighted by molar-refractivity contribution is 6.37. The second-order valence-electron chi connectivity index (χ2n) is 3.61. The topological polar surface area (TPSA) is 18.5 Å². The first-order chi connectivity index (χ1) is 7.65. The van der Waals surface area contributed by atoms with Crippen molar-refractivity contribution in [1.29, 1.82) is 0 Å². The highest BCUT2D eigenvalue weighted by Crippen LogP contribution is 2.34. The van der Waals surface area contributed by atoms with Crippen molar-refractivity contribution >= 4 is 23.2 Å². The lowest BCUT2D eigenvalue weighted by Crippen LogP contribution is -2.00. The number of unbranched alkanes of at least 4 members (excludes halogenated alkanes) is 1. The van der Waals surface area contributed by atoms with Crippen molar-refractivity contribution in [3.63, 3.8) is 0 Å². The van der Waals surface area contributed by atoms with Gasteiger partial charge in [-0.05, 0) is 37.5 Å². The van der Waals surface area contributed by atoms with Crippen LogP contribution in [0.3, 0.4) is 0 Å². The van der Waals surface area contributed by atoms with Gasteiger partial charge in [0.15, 0.2) is 5.75 Å². The molecule has 0 atom stereocenters. The fourth-order valence-electron chi connectivity index (χ4n) is 1.35. The Labute approximate surface area is 106 Å². The minimum Gasteiger partial charge on any atom is -0.490 e. The zero-order valence-corrected chi connectivity index (χ0v) is 11.1. The molecule has 0 fully saturated rings. The van der Waals surface area contributed by atoms with E-state index in [0.717, 1.165) is 25.0 Å². The smallest absolute Gasteiger partial charge is 0.156 e. The summed E-state index contributed by atoms with van der Waals surface area (Å²) in [5.41, 5.74) is 1.03. The summed E-state index contributed by atoms with van der Waals surface area (Å²) in [4.78, 5) is 0. The van der Waals surface area contributed by atoms with Gasteiger partial charge in [-0.2, -0.15) is 0 Å². The molecule has 1 aromatic carbocycles. The highest BCUT2D eigenvalue weighted by atomic mass is 35.5. The lowest BCUT2D eigenvalue weighted by Gasteiger charge is -2.10. The summed E-state index contributed by atoms with van der Waals surface area (Å²) < 4.78 is 10.5. The van der Waals surface area contributed by atoms with Gasteiger partial charge >= 0.3 is 0 Å². The van der Waals surface area contributed by atoms with Gasteiger partial charge in [0, 0.05) is 13.7 Å². The van der Waals surface area contributed by atoms with Crippen LogP contribution in [0.25, 0.3) is 0 Å². The summed E-state index contributed by atoms with van der Waals surface area (Å²) in [6.45, 7) is 3.30. The summed E-state index contributed by atoms with van der Waals surface area (Å²) in [5.74, 6) is 0.575. The standard InChI is InChI=1S/C12H16Cl2O2/c1-9-7-10(13)12(11(14)8-9)16-6-4-3-5-15-2/h7-8H,3-6H2,1-2H3. The van der Waals surface area contributed by atoms with Crippen LogP contribution in [0.15, 0.2) is 12.1 Å². The molecule has 0 heterocycles. The van der Waals surface area contributed by atoms with Gasteiger partial charge in [0.2, 0.25) is 0 Å². The maximum atomic E-state index is 6.04. The van der Waals surface area contributed by atoms with Gasteiger partial charge in [0.25, 0.3) is 0 Å². The first-order valence-electron chi connectivity index (χ1n) is 5.22. The Morgan fingerprint density at radius 2 is 1.62 bits per heavy atom. The van der Waals surface area contributed by atoms with E-state index in [2.05, 4.69) is 0 Å². The molecule has 0 aliphatic carbocycles. The Balaban J connectivity index is 2.47. The summed E-state index contributed by atoms with van der Waals surface area (Å²) in [6, 6.07) is 3.69. The fraction of sp³-hybridized carbons (Fsp3) is 0.500. The summed E-state index contributed by atoms with van der Waals surface area (Å²) in [5, 5.41) is 1.13. The molecule has 1 rings (SSSR count). The van der Waals surface area contributed by atoms with Crippen LogP contribution < -0.4 is 4.74 Å². The van der Waals surface area contributed by atoms with E-state index in [9.17, 15) is 0 Å². The van der Waals surface area contributed by atoms with Crippen molar-refractivity contribution in [2.24, 2.45) is 0 Å². The molecule has 0 saturated carbocycles. The predicted octanol–water partition coefficient (Wildman–Crippen LogP) is 4.11. The molecule has 0 aromatic heterocycles. The number of aryl methyl sites for hydroxylation is 1. The maximum absolute atomic E-state index is 6.04. The van der Waals surface area contributed by atoms with E-state index in [1.807, 2.05) is 19.1 Å². The molecule has 0 aliphatic rings. The van der Waals surface area contributed by atoms with Crippen molar-refractivity contribution < 1.29 is 9.47 Å². The Bertz CT molecular complexity index is 317. The monoisotopic (exact) mass is 262 g/mol. The van der Waals surface area contributed by atoms with Gasteiger partial charge in [-0.15, -0.1) is 0 Å². The largest absolute Gasteiger partial charge is 0.490 e. The van der Waals surface area contributed by atoms with Gasteiger partial charge in [0.05, 0.1) is 16.7 Å². The zero-order valence-electron chi connectivity index (χ0n) is 9.56. The van der Waals surface area contributed by atoms with Gasteiger partial charge in [-0.25, -0.2) is 0 Å². The Morgan fingerprint density at radius 3 is 2.19 bits per heavy atom. The van der Waals surface area contributed by atoms with Crippen LogP contribution in [0, 0.1) is 6.92 Å². The molecule has 0 radical (unpaired) electrons. The Kier molecular flexibility index (Phi) is 5.96. The first kappa shape index (κ1) is 13.6. The number of hydrogen-bond donors (Lipinski definition) is 0. The molecule has 2 nitrogen and oxygen atoms in total. The number of rotatable bonds is 6. The summed E-state index contributed by atoms with van der Waals surface area (Å²) in [6.07, 6.45) is 1.89. The summed E-state index contributed by atoms with van der Waals surface area (Å²) in [7, 11) is 1.69. The molecular weight excluding hydrogens is 247 g/mol. The van der Waals surface area contributed by atoms with E-state index >= 15 is 0 Å². The predicted molar refractivity (Wildman–Crippen MR) is 67.8 cm³/mol. The van der Waals surface area contributed by atoms with E-state index in [1.165, 1.54) is 0 Å². The lowest BCUT2D eigenvalue weighted by atomic mass is 10.2. The van der Waals surface area contributed by atoms with Crippen molar-refractivity contribution in [3.8, 4) is 5.75 Å². The summed E-state index contributed by atoms with van der Waals surface area (Å²) >= 11 is 12.1.